The van der Waals surface area contributed by atoms with Gasteiger partial charge < -0.3 is 20.5 Å². The molecule has 5 heteroatoms. The summed E-state index contributed by atoms with van der Waals surface area (Å²) in [6, 6.07) is 20.3. The van der Waals surface area contributed by atoms with E-state index in [1.807, 2.05) is 62.4 Å². The summed E-state index contributed by atoms with van der Waals surface area (Å²) < 4.78 is 5.77. The van der Waals surface area contributed by atoms with E-state index in [0.717, 1.165) is 12.1 Å². The highest BCUT2D eigenvalue weighted by atomic mass is 16.5. The highest BCUT2D eigenvalue weighted by molar-refractivity contribution is 5.80. The second-order valence-electron chi connectivity index (χ2n) is 6.54. The lowest BCUT2D eigenvalue weighted by molar-refractivity contribution is 0.00111. The number of nitrogens with one attached hydrogen (secondary N) is 2. The van der Waals surface area contributed by atoms with Gasteiger partial charge in [0.25, 0.3) is 0 Å². The number of rotatable bonds is 9. The molecule has 0 aliphatic carbocycles. The molecule has 0 bridgehead atoms. The van der Waals surface area contributed by atoms with Gasteiger partial charge in [0.2, 0.25) is 0 Å². The van der Waals surface area contributed by atoms with E-state index in [4.69, 9.17) is 4.74 Å². The Hall–Kier alpha value is -2.37. The molecular formula is C22H31N3O2. The molecule has 2 rings (SSSR count). The van der Waals surface area contributed by atoms with Crippen molar-refractivity contribution in [3.8, 4) is 0 Å². The lowest BCUT2D eigenvalue weighted by atomic mass is 10.1. The van der Waals surface area contributed by atoms with Gasteiger partial charge in [0, 0.05) is 6.54 Å². The zero-order chi connectivity index (χ0) is 19.5. The monoisotopic (exact) mass is 369 g/mol. The second kappa shape index (κ2) is 11.4. The smallest absolute Gasteiger partial charge is 0.191 e. The van der Waals surface area contributed by atoms with E-state index in [9.17, 15) is 5.11 Å². The van der Waals surface area contributed by atoms with Gasteiger partial charge in [0.15, 0.2) is 5.96 Å². The topological polar surface area (TPSA) is 65.9 Å². The van der Waals surface area contributed by atoms with E-state index < -0.39 is 6.10 Å². The first-order valence-electron chi connectivity index (χ1n) is 9.54. The summed E-state index contributed by atoms with van der Waals surface area (Å²) in [6.07, 6.45) is -0.715. The minimum Gasteiger partial charge on any atom is -0.389 e. The Morgan fingerprint density at radius 1 is 1.00 bits per heavy atom. The number of aliphatic hydroxyl groups is 1. The van der Waals surface area contributed by atoms with Gasteiger partial charge in [-0.15, -0.1) is 0 Å². The lowest BCUT2D eigenvalue weighted by Crippen LogP contribution is -2.39. The van der Waals surface area contributed by atoms with E-state index in [1.165, 1.54) is 5.56 Å². The SMILES string of the molecule is CCNC(=NCC(O)COC(C)c1ccccc1)NC(C)c1ccccc1. The standard InChI is InChI=1S/C22H31N3O2/c1-4-23-22(25-17(2)19-11-7-5-8-12-19)24-15-21(26)16-27-18(3)20-13-9-6-10-14-20/h5-14,17-18,21,26H,4,15-16H2,1-3H3,(H2,23,24,25). The maximum absolute atomic E-state index is 10.2. The predicted octanol–water partition coefficient (Wildman–Crippen LogP) is 3.44. The number of benzene rings is 2. The third-order valence-corrected chi connectivity index (χ3v) is 4.26. The number of ether oxygens (including phenoxy) is 1. The van der Waals surface area contributed by atoms with Crippen molar-refractivity contribution in [2.24, 2.45) is 4.99 Å². The molecule has 3 atom stereocenters. The van der Waals surface area contributed by atoms with E-state index in [0.29, 0.717) is 5.96 Å². The first-order valence-corrected chi connectivity index (χ1v) is 9.54. The molecule has 3 N–H and O–H groups in total. The van der Waals surface area contributed by atoms with E-state index >= 15 is 0 Å². The summed E-state index contributed by atoms with van der Waals surface area (Å²) in [7, 11) is 0. The normalized spacial score (nSPS) is 15.0. The van der Waals surface area contributed by atoms with Crippen molar-refractivity contribution >= 4 is 5.96 Å². The zero-order valence-corrected chi connectivity index (χ0v) is 16.4. The highest BCUT2D eigenvalue weighted by Crippen LogP contribution is 2.16. The van der Waals surface area contributed by atoms with Crippen molar-refractivity contribution < 1.29 is 9.84 Å². The molecule has 27 heavy (non-hydrogen) atoms. The van der Waals surface area contributed by atoms with Crippen molar-refractivity contribution in [1.29, 1.82) is 0 Å². The van der Waals surface area contributed by atoms with Crippen LogP contribution in [0.15, 0.2) is 65.7 Å². The van der Waals surface area contributed by atoms with Crippen LogP contribution < -0.4 is 10.6 Å². The minimum atomic E-state index is -0.654. The molecule has 0 aliphatic rings. The van der Waals surface area contributed by atoms with Crippen LogP contribution in [0.2, 0.25) is 0 Å². The number of aliphatic imine (C=N–C) groups is 1. The molecule has 0 fully saturated rings. The van der Waals surface area contributed by atoms with Crippen LogP contribution in [-0.2, 0) is 4.74 Å². The summed E-state index contributed by atoms with van der Waals surface area (Å²) in [5, 5.41) is 16.8. The molecule has 0 radical (unpaired) electrons. The van der Waals surface area contributed by atoms with E-state index in [-0.39, 0.29) is 25.3 Å². The maximum atomic E-state index is 10.2. The van der Waals surface area contributed by atoms with Gasteiger partial charge in [-0.2, -0.15) is 0 Å². The molecule has 2 aromatic carbocycles. The van der Waals surface area contributed by atoms with Crippen molar-refractivity contribution in [3.05, 3.63) is 71.8 Å². The molecule has 0 amide bonds. The zero-order valence-electron chi connectivity index (χ0n) is 16.4. The number of nitrogens with zero attached hydrogens (tertiary/aromatic N) is 1. The fourth-order valence-corrected chi connectivity index (χ4v) is 2.68. The second-order valence-corrected chi connectivity index (χ2v) is 6.54. The molecule has 0 aromatic heterocycles. The van der Waals surface area contributed by atoms with Gasteiger partial charge in [-0.25, -0.2) is 0 Å². The molecule has 146 valence electrons. The molecule has 0 saturated heterocycles. The summed E-state index contributed by atoms with van der Waals surface area (Å²) in [5.41, 5.74) is 2.28. The minimum absolute atomic E-state index is 0.0608. The van der Waals surface area contributed by atoms with Crippen LogP contribution >= 0.6 is 0 Å². The van der Waals surface area contributed by atoms with E-state index in [1.54, 1.807) is 0 Å². The van der Waals surface area contributed by atoms with Crippen LogP contribution in [0.3, 0.4) is 0 Å². The van der Waals surface area contributed by atoms with Gasteiger partial charge in [0.05, 0.1) is 31.4 Å². The van der Waals surface area contributed by atoms with Crippen molar-refractivity contribution in [2.75, 3.05) is 19.7 Å². The number of aliphatic hydroxyl groups excluding tert-OH is 1. The fraction of sp³-hybridized carbons (Fsp3) is 0.409. The van der Waals surface area contributed by atoms with Crippen LogP contribution in [0.4, 0.5) is 0 Å². The Morgan fingerprint density at radius 2 is 1.59 bits per heavy atom. The summed E-state index contributed by atoms with van der Waals surface area (Å²) in [4.78, 5) is 4.49. The number of guanidine groups is 1. The molecule has 0 heterocycles. The van der Waals surface area contributed by atoms with Crippen molar-refractivity contribution in [1.82, 2.24) is 10.6 Å². The first kappa shape index (κ1) is 20.9. The van der Waals surface area contributed by atoms with E-state index in [2.05, 4.69) is 34.7 Å². The third kappa shape index (κ3) is 7.41. The number of hydrogen-bond acceptors (Lipinski definition) is 3. The Balaban J connectivity index is 1.84. The lowest BCUT2D eigenvalue weighted by Gasteiger charge is -2.19. The maximum Gasteiger partial charge on any atom is 0.191 e. The molecule has 0 saturated carbocycles. The summed E-state index contributed by atoms with van der Waals surface area (Å²) in [5.74, 6) is 0.684. The number of hydrogen-bond donors (Lipinski definition) is 3. The van der Waals surface area contributed by atoms with Gasteiger partial charge in [0.1, 0.15) is 0 Å². The molecule has 5 nitrogen and oxygen atoms in total. The summed E-state index contributed by atoms with van der Waals surface area (Å²) >= 11 is 0. The predicted molar refractivity (Wildman–Crippen MR) is 111 cm³/mol. The van der Waals surface area contributed by atoms with Crippen LogP contribution in [-0.4, -0.2) is 36.9 Å². The Bertz CT molecular complexity index is 676. The van der Waals surface area contributed by atoms with Crippen LogP contribution in [0.1, 0.15) is 44.0 Å². The molecule has 0 spiro atoms. The van der Waals surface area contributed by atoms with Gasteiger partial charge in [-0.3, -0.25) is 4.99 Å². The van der Waals surface area contributed by atoms with Crippen LogP contribution in [0, 0.1) is 0 Å². The van der Waals surface area contributed by atoms with Gasteiger partial charge in [-0.05, 0) is 31.9 Å². The Labute approximate surface area is 162 Å². The Morgan fingerprint density at radius 3 is 2.19 bits per heavy atom. The van der Waals surface area contributed by atoms with Crippen molar-refractivity contribution in [2.45, 2.75) is 39.0 Å². The van der Waals surface area contributed by atoms with Gasteiger partial charge >= 0.3 is 0 Å². The van der Waals surface area contributed by atoms with Crippen molar-refractivity contribution in [3.63, 3.8) is 0 Å². The molecule has 3 unspecified atom stereocenters. The largest absolute Gasteiger partial charge is 0.389 e. The van der Waals surface area contributed by atoms with Crippen LogP contribution in [0.5, 0.6) is 0 Å². The first-order chi connectivity index (χ1) is 13.1. The molecule has 0 aliphatic heterocycles. The Kier molecular flexibility index (Phi) is 8.81. The average molecular weight is 370 g/mol. The quantitative estimate of drug-likeness (QED) is 0.468. The molecule has 2 aromatic rings. The molecular weight excluding hydrogens is 338 g/mol. The van der Waals surface area contributed by atoms with Crippen LogP contribution in [0.25, 0.3) is 0 Å². The average Bonchev–Trinajstić information content (AvgIpc) is 2.71. The fourth-order valence-electron chi connectivity index (χ4n) is 2.68. The summed E-state index contributed by atoms with van der Waals surface area (Å²) in [6.45, 7) is 7.36. The third-order valence-electron chi connectivity index (χ3n) is 4.26. The van der Waals surface area contributed by atoms with Gasteiger partial charge in [-0.1, -0.05) is 60.7 Å². The highest BCUT2D eigenvalue weighted by Gasteiger charge is 2.11.